The summed E-state index contributed by atoms with van der Waals surface area (Å²) in [4.78, 5) is -3.46. The van der Waals surface area contributed by atoms with Gasteiger partial charge < -0.3 is 0 Å². The standard InChI is InChI=1S/C36H24O12S6/c37-49(38)25-1-2-26(4-3-25)50(39,40)28-9-11-30(12-10-28)52(43,44)32-17-19-34(20-18-32)54(47,48)36-23-21-35(22-24-36)53(45,46)33-15-13-31(14-16-33)51(41,42)29-7-5-27(49)6-8-29/h1-24H. The van der Waals surface area contributed by atoms with Gasteiger partial charge in [-0.15, -0.1) is 0 Å². The second-order valence-corrected chi connectivity index (χ2v) is 23.5. The van der Waals surface area contributed by atoms with E-state index in [0.717, 1.165) is 146 Å². The van der Waals surface area contributed by atoms with Gasteiger partial charge in [-0.2, -0.15) is 0 Å². The van der Waals surface area contributed by atoms with Gasteiger partial charge in [-0.05, 0) is 146 Å². The van der Waals surface area contributed by atoms with Gasteiger partial charge in [0.05, 0.1) is 58.7 Å². The molecule has 0 aromatic heterocycles. The summed E-state index contributed by atoms with van der Waals surface area (Å²) < 4.78 is 161. The molecular formula is C36H24O12S6. The normalized spacial score (nSPS) is 18.7. The van der Waals surface area contributed by atoms with E-state index < -0.39 is 59.0 Å². The highest BCUT2D eigenvalue weighted by Gasteiger charge is 2.27. The molecule has 0 amide bonds. The van der Waals surface area contributed by atoms with Gasteiger partial charge in [-0.1, -0.05) is 0 Å². The fourth-order valence-corrected chi connectivity index (χ4v) is 13.2. The van der Waals surface area contributed by atoms with Gasteiger partial charge in [0.25, 0.3) is 0 Å². The Morgan fingerprint density at radius 2 is 0.204 bits per heavy atom. The maximum atomic E-state index is 13.4. The van der Waals surface area contributed by atoms with Crippen LogP contribution < -0.4 is 0 Å². The third-order valence-electron chi connectivity index (χ3n) is 8.67. The van der Waals surface area contributed by atoms with Crippen molar-refractivity contribution in [1.29, 1.82) is 0 Å². The van der Waals surface area contributed by atoms with Crippen molar-refractivity contribution in [3.63, 3.8) is 0 Å². The molecule has 54 heavy (non-hydrogen) atoms. The highest BCUT2D eigenvalue weighted by molar-refractivity contribution is 7.93. The van der Waals surface area contributed by atoms with E-state index in [9.17, 15) is 50.5 Å². The number of hydrogen-bond donors (Lipinski definition) is 0. The van der Waals surface area contributed by atoms with Crippen LogP contribution in [0, 0.1) is 0 Å². The van der Waals surface area contributed by atoms with Gasteiger partial charge in [0.15, 0.2) is 0 Å². The fraction of sp³-hybridized carbons (Fsp3) is 0. The number of benzene rings is 6. The molecule has 0 unspecified atom stereocenters. The molecule has 0 spiro atoms. The molecular weight excluding hydrogens is 817 g/mol. The zero-order valence-electron chi connectivity index (χ0n) is 27.2. The first kappa shape index (κ1) is 37.3. The second kappa shape index (κ2) is 12.8. The molecule has 12 bridgehead atoms. The molecule has 16 rings (SSSR count). The van der Waals surface area contributed by atoms with E-state index in [4.69, 9.17) is 0 Å². The first-order valence-corrected chi connectivity index (χ1v) is 24.3. The molecule has 10 heterocycles. The van der Waals surface area contributed by atoms with Crippen LogP contribution >= 0.6 is 0 Å². The predicted molar refractivity (Wildman–Crippen MR) is 191 cm³/mol. The molecule has 0 fully saturated rings. The van der Waals surface area contributed by atoms with E-state index in [1.165, 1.54) is 0 Å². The Bertz CT molecular complexity index is 2400. The van der Waals surface area contributed by atoms with E-state index in [0.29, 0.717) is 0 Å². The molecule has 0 atom stereocenters. The monoisotopic (exact) mass is 840 g/mol. The minimum Gasteiger partial charge on any atom is -0.219 e. The van der Waals surface area contributed by atoms with Crippen molar-refractivity contribution in [2.75, 3.05) is 0 Å². The topological polar surface area (TPSA) is 205 Å². The Kier molecular flexibility index (Phi) is 8.86. The molecule has 18 heteroatoms. The first-order chi connectivity index (χ1) is 25.3. The van der Waals surface area contributed by atoms with Crippen LogP contribution in [0.2, 0.25) is 0 Å². The van der Waals surface area contributed by atoms with E-state index in [2.05, 4.69) is 0 Å². The highest BCUT2D eigenvalue weighted by Crippen LogP contribution is 2.32. The Balaban J connectivity index is 1.35. The molecule has 0 radical (unpaired) electrons. The minimum absolute atomic E-state index is 0.289. The van der Waals surface area contributed by atoms with Gasteiger partial charge in [0, 0.05) is 0 Å². The zero-order valence-corrected chi connectivity index (χ0v) is 32.1. The van der Waals surface area contributed by atoms with Crippen LogP contribution in [-0.4, -0.2) is 50.5 Å². The van der Waals surface area contributed by atoms with Gasteiger partial charge in [-0.25, -0.2) is 50.5 Å². The fourth-order valence-electron chi connectivity index (χ4n) is 5.60. The van der Waals surface area contributed by atoms with Gasteiger partial charge >= 0.3 is 0 Å². The lowest BCUT2D eigenvalue weighted by atomic mass is 10.3. The van der Waals surface area contributed by atoms with Crippen molar-refractivity contribution in [2.24, 2.45) is 0 Å². The molecule has 10 aliphatic rings. The van der Waals surface area contributed by atoms with Gasteiger partial charge in [0.2, 0.25) is 59.0 Å². The molecule has 6 aromatic rings. The maximum Gasteiger partial charge on any atom is 0.206 e. The van der Waals surface area contributed by atoms with Crippen molar-refractivity contribution in [3.05, 3.63) is 146 Å². The number of hydrogen-bond acceptors (Lipinski definition) is 12. The molecule has 12 nitrogen and oxygen atoms in total. The summed E-state index contributed by atoms with van der Waals surface area (Å²) in [6.45, 7) is 0. The summed E-state index contributed by atoms with van der Waals surface area (Å²) >= 11 is 0. The largest absolute Gasteiger partial charge is 0.219 e. The molecule has 6 aromatic carbocycles. The van der Waals surface area contributed by atoms with Crippen LogP contribution in [0.1, 0.15) is 0 Å². The van der Waals surface area contributed by atoms with Crippen LogP contribution in [-0.2, 0) is 59.0 Å². The summed E-state index contributed by atoms with van der Waals surface area (Å²) in [5.41, 5.74) is 0. The number of rotatable bonds is 0. The first-order valence-electron chi connectivity index (χ1n) is 15.4. The van der Waals surface area contributed by atoms with Gasteiger partial charge in [-0.3, -0.25) is 0 Å². The van der Waals surface area contributed by atoms with Crippen molar-refractivity contribution in [2.45, 2.75) is 58.7 Å². The summed E-state index contributed by atoms with van der Waals surface area (Å²) in [6, 6.07) is 25.6. The van der Waals surface area contributed by atoms with Crippen LogP contribution in [0.5, 0.6) is 0 Å². The lowest BCUT2D eigenvalue weighted by molar-refractivity contribution is 0.590. The Labute approximate surface area is 311 Å². The molecule has 0 saturated carbocycles. The predicted octanol–water partition coefficient (Wildman–Crippen LogP) is 5.00. The maximum absolute atomic E-state index is 13.4. The lowest BCUT2D eigenvalue weighted by Gasteiger charge is -2.11. The lowest BCUT2D eigenvalue weighted by Crippen LogP contribution is -2.08. The molecule has 0 N–H and O–H groups in total. The van der Waals surface area contributed by atoms with E-state index in [1.807, 2.05) is 0 Å². The van der Waals surface area contributed by atoms with Gasteiger partial charge in [0.1, 0.15) is 0 Å². The summed E-state index contributed by atoms with van der Waals surface area (Å²) in [5, 5.41) is 0. The van der Waals surface area contributed by atoms with Crippen molar-refractivity contribution in [3.8, 4) is 0 Å². The Morgan fingerprint density at radius 3 is 0.259 bits per heavy atom. The van der Waals surface area contributed by atoms with Crippen LogP contribution in [0.3, 0.4) is 0 Å². The quantitative estimate of drug-likeness (QED) is 0.198. The molecule has 10 aliphatic heterocycles. The SMILES string of the molecule is O=S1(=O)c2ccc(cc2)S(=O)(=O)c2ccc(cc2)S(=O)(=O)c2ccc(cc2)S(=O)(=O)c2ccc(cc2)S(=O)(=O)c2ccc(cc2)S(=O)(=O)c2ccc1cc2. The third kappa shape index (κ3) is 6.17. The smallest absolute Gasteiger partial charge is 0.206 e. The summed E-state index contributed by atoms with van der Waals surface area (Å²) in [5.74, 6) is 0. The van der Waals surface area contributed by atoms with E-state index in [1.54, 1.807) is 0 Å². The third-order valence-corrected chi connectivity index (χ3v) is 19.4. The van der Waals surface area contributed by atoms with E-state index in [-0.39, 0.29) is 58.7 Å². The van der Waals surface area contributed by atoms with Crippen LogP contribution in [0.4, 0.5) is 0 Å². The summed E-state index contributed by atoms with van der Waals surface area (Å²) in [6.07, 6.45) is 0. The Hall–Kier alpha value is -4.98. The minimum atomic E-state index is -4.25. The van der Waals surface area contributed by atoms with Crippen LogP contribution in [0.25, 0.3) is 0 Å². The average Bonchev–Trinajstić information content (AvgIpc) is 3.18. The molecule has 0 aliphatic carbocycles. The van der Waals surface area contributed by atoms with Crippen molar-refractivity contribution in [1.82, 2.24) is 0 Å². The Morgan fingerprint density at radius 1 is 0.148 bits per heavy atom. The zero-order chi connectivity index (χ0) is 38.9. The molecule has 0 saturated heterocycles. The molecule has 276 valence electrons. The van der Waals surface area contributed by atoms with Crippen molar-refractivity contribution >= 4 is 59.0 Å². The van der Waals surface area contributed by atoms with Crippen LogP contribution in [0.15, 0.2) is 204 Å². The highest BCUT2D eigenvalue weighted by atomic mass is 32.2. The van der Waals surface area contributed by atoms with E-state index >= 15 is 0 Å². The second-order valence-electron chi connectivity index (χ2n) is 11.8. The van der Waals surface area contributed by atoms with Crippen molar-refractivity contribution < 1.29 is 50.5 Å². The number of sulfone groups is 6. The average molecular weight is 841 g/mol. The summed E-state index contributed by atoms with van der Waals surface area (Å²) in [7, 11) is -25.5.